The quantitative estimate of drug-likeness (QED) is 0.392. The SMILES string of the molecule is C=C(CN[C@@H](C)CC1(c2nn[nH]n2)c2ccsc2CCc2sc(C(=O)NC)cc21)N1C(C#N)C[C@H](C)C1C. The molecule has 1 fully saturated rings. The molecule has 3 unspecified atom stereocenters. The predicted molar refractivity (Wildman–Crippen MR) is 149 cm³/mol. The summed E-state index contributed by atoms with van der Waals surface area (Å²) in [6.45, 7) is 11.5. The Morgan fingerprint density at radius 2 is 2.16 bits per heavy atom. The first-order valence-electron chi connectivity index (χ1n) is 13.0. The third kappa shape index (κ3) is 4.44. The van der Waals surface area contributed by atoms with Crippen LogP contribution in [0.1, 0.15) is 70.0 Å². The summed E-state index contributed by atoms with van der Waals surface area (Å²) < 4.78 is 0. The van der Waals surface area contributed by atoms with Crippen LogP contribution < -0.4 is 10.6 Å². The van der Waals surface area contributed by atoms with Crippen LogP contribution in [-0.4, -0.2) is 63.1 Å². The molecule has 38 heavy (non-hydrogen) atoms. The van der Waals surface area contributed by atoms with Crippen molar-refractivity contribution in [3.63, 3.8) is 0 Å². The Kier molecular flexibility index (Phi) is 7.40. The van der Waals surface area contributed by atoms with Crippen molar-refractivity contribution in [3.05, 3.63) is 61.4 Å². The summed E-state index contributed by atoms with van der Waals surface area (Å²) in [4.78, 5) is 18.0. The van der Waals surface area contributed by atoms with Gasteiger partial charge in [0.15, 0.2) is 5.82 Å². The van der Waals surface area contributed by atoms with Crippen LogP contribution in [0.25, 0.3) is 0 Å². The number of tetrazole rings is 1. The number of carbonyl (C=O) groups is 1. The van der Waals surface area contributed by atoms with Gasteiger partial charge in [-0.25, -0.2) is 0 Å². The summed E-state index contributed by atoms with van der Waals surface area (Å²) >= 11 is 3.31. The van der Waals surface area contributed by atoms with Gasteiger partial charge in [0.2, 0.25) is 0 Å². The van der Waals surface area contributed by atoms with E-state index in [4.69, 9.17) is 0 Å². The normalized spacial score (nSPS) is 25.2. The van der Waals surface area contributed by atoms with Crippen LogP contribution in [0.15, 0.2) is 29.8 Å². The lowest BCUT2D eigenvalue weighted by molar-refractivity contribution is 0.0967. The van der Waals surface area contributed by atoms with E-state index in [2.05, 4.69) is 81.0 Å². The lowest BCUT2D eigenvalue weighted by Gasteiger charge is -2.35. The number of hydrogen-bond acceptors (Lipinski definition) is 9. The molecule has 11 heteroatoms. The Morgan fingerprint density at radius 3 is 2.87 bits per heavy atom. The topological polar surface area (TPSA) is 123 Å². The molecule has 5 rings (SSSR count). The minimum atomic E-state index is -0.657. The van der Waals surface area contributed by atoms with Crippen molar-refractivity contribution < 1.29 is 4.79 Å². The molecule has 1 amide bonds. The molecule has 3 aromatic rings. The minimum Gasteiger partial charge on any atom is -0.355 e. The van der Waals surface area contributed by atoms with Gasteiger partial charge in [0.05, 0.1) is 16.4 Å². The Bertz CT molecular complexity index is 1360. The van der Waals surface area contributed by atoms with Crippen LogP contribution in [0.4, 0.5) is 0 Å². The summed E-state index contributed by atoms with van der Waals surface area (Å²) in [7, 11) is 1.66. The van der Waals surface area contributed by atoms with Crippen molar-refractivity contribution >= 4 is 28.6 Å². The van der Waals surface area contributed by atoms with Gasteiger partial charge in [0.1, 0.15) is 6.04 Å². The molecule has 1 aliphatic heterocycles. The third-order valence-electron chi connectivity index (χ3n) is 8.21. The predicted octanol–water partition coefficient (Wildman–Crippen LogP) is 3.62. The van der Waals surface area contributed by atoms with E-state index in [0.717, 1.165) is 30.5 Å². The summed E-state index contributed by atoms with van der Waals surface area (Å²) in [5, 5.41) is 34.0. The van der Waals surface area contributed by atoms with Crippen LogP contribution >= 0.6 is 22.7 Å². The molecule has 1 aliphatic carbocycles. The number of nitriles is 1. The Labute approximate surface area is 231 Å². The number of amides is 1. The summed E-state index contributed by atoms with van der Waals surface area (Å²) in [6, 6.07) is 6.85. The van der Waals surface area contributed by atoms with E-state index in [0.29, 0.717) is 29.6 Å². The van der Waals surface area contributed by atoms with Gasteiger partial charge in [0, 0.05) is 41.1 Å². The fourth-order valence-electron chi connectivity index (χ4n) is 6.15. The zero-order chi connectivity index (χ0) is 27.0. The van der Waals surface area contributed by atoms with Crippen molar-refractivity contribution in [2.45, 2.75) is 70.0 Å². The molecule has 0 aromatic carbocycles. The molecule has 3 N–H and O–H groups in total. The average Bonchev–Trinajstić information content (AvgIpc) is 3.71. The molecule has 4 heterocycles. The molecule has 0 saturated carbocycles. The first kappa shape index (κ1) is 26.5. The zero-order valence-electron chi connectivity index (χ0n) is 22.2. The number of aryl methyl sites for hydroxylation is 2. The van der Waals surface area contributed by atoms with Gasteiger partial charge in [-0.3, -0.25) is 4.79 Å². The highest BCUT2D eigenvalue weighted by molar-refractivity contribution is 7.14. The lowest BCUT2D eigenvalue weighted by Crippen LogP contribution is -2.43. The van der Waals surface area contributed by atoms with Gasteiger partial charge >= 0.3 is 0 Å². The monoisotopic (exact) mass is 550 g/mol. The molecule has 1 saturated heterocycles. The number of thiophene rings is 2. The minimum absolute atomic E-state index is 0.0446. The van der Waals surface area contributed by atoms with E-state index < -0.39 is 5.41 Å². The van der Waals surface area contributed by atoms with Crippen LogP contribution in [0, 0.1) is 17.2 Å². The molecular weight excluding hydrogens is 516 g/mol. The molecular formula is C27H34N8OS2. The van der Waals surface area contributed by atoms with Gasteiger partial charge in [-0.1, -0.05) is 18.7 Å². The number of aromatic amines is 1. The number of rotatable bonds is 8. The fraction of sp³-hybridized carbons (Fsp3) is 0.519. The average molecular weight is 551 g/mol. The number of nitrogens with zero attached hydrogens (tertiary/aromatic N) is 5. The van der Waals surface area contributed by atoms with Crippen molar-refractivity contribution in [2.24, 2.45) is 5.92 Å². The van der Waals surface area contributed by atoms with Gasteiger partial charge in [-0.05, 0) is 74.1 Å². The second kappa shape index (κ2) is 10.6. The van der Waals surface area contributed by atoms with Gasteiger partial charge in [-0.15, -0.1) is 32.9 Å². The smallest absolute Gasteiger partial charge is 0.261 e. The first-order chi connectivity index (χ1) is 18.3. The van der Waals surface area contributed by atoms with E-state index >= 15 is 0 Å². The molecule has 0 spiro atoms. The van der Waals surface area contributed by atoms with Crippen LogP contribution in [-0.2, 0) is 18.3 Å². The highest BCUT2D eigenvalue weighted by Crippen LogP contribution is 2.50. The molecule has 0 radical (unpaired) electrons. The molecule has 200 valence electrons. The number of nitrogens with one attached hydrogen (secondary N) is 3. The Hall–Kier alpha value is -3.07. The van der Waals surface area contributed by atoms with Crippen molar-refractivity contribution in [1.82, 2.24) is 36.2 Å². The molecule has 0 bridgehead atoms. The van der Waals surface area contributed by atoms with E-state index in [1.807, 2.05) is 6.07 Å². The molecule has 3 aromatic heterocycles. The maximum atomic E-state index is 12.6. The number of carbonyl (C=O) groups excluding carboxylic acids is 1. The van der Waals surface area contributed by atoms with Gasteiger partial charge in [0.25, 0.3) is 5.91 Å². The lowest BCUT2D eigenvalue weighted by atomic mass is 9.70. The second-order valence-electron chi connectivity index (χ2n) is 10.5. The van der Waals surface area contributed by atoms with Crippen molar-refractivity contribution in [2.75, 3.05) is 13.6 Å². The molecule has 9 nitrogen and oxygen atoms in total. The number of hydrogen-bond donors (Lipinski definition) is 3. The van der Waals surface area contributed by atoms with E-state index in [9.17, 15) is 10.1 Å². The van der Waals surface area contributed by atoms with Gasteiger partial charge in [-0.2, -0.15) is 10.5 Å². The maximum absolute atomic E-state index is 12.6. The fourth-order valence-corrected chi connectivity index (χ4v) is 8.29. The van der Waals surface area contributed by atoms with Crippen molar-refractivity contribution in [1.29, 1.82) is 5.26 Å². The van der Waals surface area contributed by atoms with Crippen molar-refractivity contribution in [3.8, 4) is 6.07 Å². The third-order valence-corrected chi connectivity index (χ3v) is 10.4. The van der Waals surface area contributed by atoms with E-state index in [1.54, 1.807) is 29.7 Å². The standard InChI is InChI=1S/C27H34N8OS2/c1-15-10-19(13-28)35(18(15)4)17(3)14-30-16(2)12-27(26-31-33-34-32-26)20-8-9-37-22(20)6-7-23-21(27)11-24(38-23)25(36)29-5/h8-9,11,15-16,18-19,30H,3,6-7,10,12,14H2,1-2,4-5H3,(H,29,36)(H,31,32,33,34)/t15-,16-,18?,19?,27?/m0/s1. The first-order valence-corrected chi connectivity index (χ1v) is 14.7. The zero-order valence-corrected chi connectivity index (χ0v) is 23.9. The largest absolute Gasteiger partial charge is 0.355 e. The maximum Gasteiger partial charge on any atom is 0.261 e. The van der Waals surface area contributed by atoms with Gasteiger partial charge < -0.3 is 15.5 Å². The molecule has 2 aliphatic rings. The van der Waals surface area contributed by atoms with E-state index in [1.165, 1.54) is 15.3 Å². The summed E-state index contributed by atoms with van der Waals surface area (Å²) in [5.41, 5.74) is 2.54. The second-order valence-corrected chi connectivity index (χ2v) is 12.6. The number of H-pyrrole nitrogens is 1. The number of aromatic nitrogens is 4. The Balaban J connectivity index is 1.49. The van der Waals surface area contributed by atoms with Crippen LogP contribution in [0.3, 0.4) is 0 Å². The molecule has 5 atom stereocenters. The summed E-state index contributed by atoms with van der Waals surface area (Å²) in [6.07, 6.45) is 3.31. The van der Waals surface area contributed by atoms with E-state index in [-0.39, 0.29) is 24.0 Å². The number of likely N-dealkylation sites (tertiary alicyclic amines) is 1. The highest BCUT2D eigenvalue weighted by Gasteiger charge is 2.47. The van der Waals surface area contributed by atoms with Crippen LogP contribution in [0.2, 0.25) is 0 Å². The summed E-state index contributed by atoms with van der Waals surface area (Å²) in [5.74, 6) is 0.976. The Morgan fingerprint density at radius 1 is 1.37 bits per heavy atom. The highest BCUT2D eigenvalue weighted by atomic mass is 32.1. The van der Waals surface area contributed by atoms with Crippen LogP contribution in [0.5, 0.6) is 0 Å². The number of fused-ring (bicyclic) bond motifs is 2.